The van der Waals surface area contributed by atoms with E-state index in [1.165, 1.54) is 0 Å². The van der Waals surface area contributed by atoms with Gasteiger partial charge < -0.3 is 10.6 Å². The van der Waals surface area contributed by atoms with Crippen molar-refractivity contribution in [3.8, 4) is 0 Å². The Labute approximate surface area is 154 Å². The zero-order valence-electron chi connectivity index (χ0n) is 15.1. The Balaban J connectivity index is 1.63. The van der Waals surface area contributed by atoms with Crippen molar-refractivity contribution < 1.29 is 9.59 Å². The molecule has 1 heterocycles. The van der Waals surface area contributed by atoms with Crippen molar-refractivity contribution in [2.24, 2.45) is 5.92 Å². The molecular formula is C21H25N3O2. The largest absolute Gasteiger partial charge is 0.349 e. The first-order valence-corrected chi connectivity index (χ1v) is 9.21. The molecule has 2 N–H and O–H groups in total. The standard InChI is InChI=1S/C21H25N3O2/c1-15-9-11-16(12-10-15)23-21(26)18-7-2-3-8-19(18)24-20(25)14-17-6-4-5-13-22-17/h2-8,13,15-16H,9-12,14H2,1H3,(H,23,26)(H,24,25). The van der Waals surface area contributed by atoms with Crippen LogP contribution in [-0.4, -0.2) is 22.8 Å². The summed E-state index contributed by atoms with van der Waals surface area (Å²) < 4.78 is 0. The fourth-order valence-electron chi connectivity index (χ4n) is 3.32. The molecule has 1 aliphatic carbocycles. The molecule has 0 spiro atoms. The summed E-state index contributed by atoms with van der Waals surface area (Å²) in [5.41, 5.74) is 1.74. The number of nitrogens with zero attached hydrogens (tertiary/aromatic N) is 1. The van der Waals surface area contributed by atoms with Crippen LogP contribution in [0.25, 0.3) is 0 Å². The number of rotatable bonds is 5. The Morgan fingerprint density at radius 2 is 1.77 bits per heavy atom. The van der Waals surface area contributed by atoms with Crippen LogP contribution in [0.5, 0.6) is 0 Å². The molecule has 26 heavy (non-hydrogen) atoms. The minimum absolute atomic E-state index is 0.127. The highest BCUT2D eigenvalue weighted by molar-refractivity contribution is 6.04. The summed E-state index contributed by atoms with van der Waals surface area (Å²) >= 11 is 0. The molecule has 0 bridgehead atoms. The Kier molecular flexibility index (Phi) is 6.00. The quantitative estimate of drug-likeness (QED) is 0.865. The highest BCUT2D eigenvalue weighted by Gasteiger charge is 2.21. The van der Waals surface area contributed by atoms with E-state index in [1.807, 2.05) is 30.3 Å². The Morgan fingerprint density at radius 1 is 1.04 bits per heavy atom. The molecule has 0 aliphatic heterocycles. The van der Waals surface area contributed by atoms with Gasteiger partial charge in [0.25, 0.3) is 5.91 Å². The molecule has 0 saturated heterocycles. The monoisotopic (exact) mass is 351 g/mol. The summed E-state index contributed by atoms with van der Waals surface area (Å²) in [6.07, 6.45) is 6.16. The third kappa shape index (κ3) is 4.91. The number of carbonyl (C=O) groups is 2. The second kappa shape index (κ2) is 8.61. The lowest BCUT2D eigenvalue weighted by atomic mass is 9.87. The molecule has 136 valence electrons. The molecule has 1 aliphatic rings. The van der Waals surface area contributed by atoms with Crippen molar-refractivity contribution in [3.63, 3.8) is 0 Å². The van der Waals surface area contributed by atoms with E-state index in [-0.39, 0.29) is 24.3 Å². The molecule has 1 aromatic heterocycles. The van der Waals surface area contributed by atoms with Crippen molar-refractivity contribution >= 4 is 17.5 Å². The van der Waals surface area contributed by atoms with E-state index in [4.69, 9.17) is 0 Å². The van der Waals surface area contributed by atoms with Gasteiger partial charge in [0.15, 0.2) is 0 Å². The minimum Gasteiger partial charge on any atom is -0.349 e. The first-order chi connectivity index (χ1) is 12.6. The van der Waals surface area contributed by atoms with E-state index in [9.17, 15) is 9.59 Å². The van der Waals surface area contributed by atoms with Crippen LogP contribution in [0.3, 0.4) is 0 Å². The van der Waals surface area contributed by atoms with Gasteiger partial charge in [0.2, 0.25) is 5.91 Å². The molecular weight excluding hydrogens is 326 g/mol. The van der Waals surface area contributed by atoms with Gasteiger partial charge in [-0.2, -0.15) is 0 Å². The third-order valence-corrected chi connectivity index (χ3v) is 4.86. The van der Waals surface area contributed by atoms with Gasteiger partial charge >= 0.3 is 0 Å². The number of anilines is 1. The summed E-state index contributed by atoms with van der Waals surface area (Å²) in [7, 11) is 0. The van der Waals surface area contributed by atoms with Crippen LogP contribution in [0.1, 0.15) is 48.7 Å². The van der Waals surface area contributed by atoms with Gasteiger partial charge in [0.1, 0.15) is 0 Å². The van der Waals surface area contributed by atoms with E-state index in [2.05, 4.69) is 22.5 Å². The van der Waals surface area contributed by atoms with Crippen molar-refractivity contribution in [2.45, 2.75) is 45.1 Å². The van der Waals surface area contributed by atoms with Crippen molar-refractivity contribution in [3.05, 3.63) is 59.9 Å². The lowest BCUT2D eigenvalue weighted by molar-refractivity contribution is -0.115. The summed E-state index contributed by atoms with van der Waals surface area (Å²) in [6.45, 7) is 2.25. The van der Waals surface area contributed by atoms with Gasteiger partial charge in [-0.15, -0.1) is 0 Å². The van der Waals surface area contributed by atoms with Crippen LogP contribution in [0, 0.1) is 5.92 Å². The first kappa shape index (κ1) is 18.1. The maximum atomic E-state index is 12.7. The molecule has 1 saturated carbocycles. The van der Waals surface area contributed by atoms with Crippen LogP contribution >= 0.6 is 0 Å². The van der Waals surface area contributed by atoms with Crippen LogP contribution in [0.15, 0.2) is 48.7 Å². The number of benzene rings is 1. The summed E-state index contributed by atoms with van der Waals surface area (Å²) in [6, 6.07) is 12.8. The number of nitrogens with one attached hydrogen (secondary N) is 2. The van der Waals surface area contributed by atoms with Crippen LogP contribution < -0.4 is 10.6 Å². The van der Waals surface area contributed by atoms with Crippen molar-refractivity contribution in [1.82, 2.24) is 10.3 Å². The van der Waals surface area contributed by atoms with Gasteiger partial charge in [-0.1, -0.05) is 25.1 Å². The van der Waals surface area contributed by atoms with E-state index in [0.29, 0.717) is 16.9 Å². The number of hydrogen-bond acceptors (Lipinski definition) is 3. The predicted molar refractivity (Wildman–Crippen MR) is 102 cm³/mol. The molecule has 0 unspecified atom stereocenters. The Morgan fingerprint density at radius 3 is 2.50 bits per heavy atom. The lowest BCUT2D eigenvalue weighted by Crippen LogP contribution is -2.37. The highest BCUT2D eigenvalue weighted by Crippen LogP contribution is 2.24. The maximum Gasteiger partial charge on any atom is 0.253 e. The van der Waals surface area contributed by atoms with E-state index < -0.39 is 0 Å². The highest BCUT2D eigenvalue weighted by atomic mass is 16.2. The van der Waals surface area contributed by atoms with E-state index >= 15 is 0 Å². The van der Waals surface area contributed by atoms with Crippen LogP contribution in [0.4, 0.5) is 5.69 Å². The zero-order valence-corrected chi connectivity index (χ0v) is 15.1. The van der Waals surface area contributed by atoms with E-state index in [0.717, 1.165) is 31.6 Å². The minimum atomic E-state index is -0.185. The number of aromatic nitrogens is 1. The molecule has 2 amide bonds. The lowest BCUT2D eigenvalue weighted by Gasteiger charge is -2.27. The zero-order chi connectivity index (χ0) is 18.4. The fourth-order valence-corrected chi connectivity index (χ4v) is 3.32. The molecule has 5 heteroatoms. The normalized spacial score (nSPS) is 19.6. The molecule has 3 rings (SSSR count). The van der Waals surface area contributed by atoms with Gasteiger partial charge in [-0.05, 0) is 55.9 Å². The number of carbonyl (C=O) groups excluding carboxylic acids is 2. The predicted octanol–water partition coefficient (Wildman–Crippen LogP) is 3.57. The SMILES string of the molecule is CC1CCC(NC(=O)c2ccccc2NC(=O)Cc2ccccn2)CC1. The average molecular weight is 351 g/mol. The first-order valence-electron chi connectivity index (χ1n) is 9.21. The van der Waals surface area contributed by atoms with Crippen molar-refractivity contribution in [2.75, 3.05) is 5.32 Å². The number of para-hydroxylation sites is 1. The number of amides is 2. The van der Waals surface area contributed by atoms with Gasteiger partial charge in [-0.25, -0.2) is 0 Å². The second-order valence-corrected chi connectivity index (χ2v) is 7.02. The molecule has 2 aromatic rings. The molecule has 1 fully saturated rings. The molecule has 0 radical (unpaired) electrons. The molecule has 5 nitrogen and oxygen atoms in total. The van der Waals surface area contributed by atoms with Gasteiger partial charge in [-0.3, -0.25) is 14.6 Å². The summed E-state index contributed by atoms with van der Waals surface area (Å²) in [5, 5.41) is 5.96. The molecule has 0 atom stereocenters. The van der Waals surface area contributed by atoms with Crippen LogP contribution in [-0.2, 0) is 11.2 Å². The maximum absolute atomic E-state index is 12.7. The van der Waals surface area contributed by atoms with Crippen LogP contribution in [0.2, 0.25) is 0 Å². The Hall–Kier alpha value is -2.69. The van der Waals surface area contributed by atoms with Gasteiger partial charge in [0, 0.05) is 17.9 Å². The summed E-state index contributed by atoms with van der Waals surface area (Å²) in [5.74, 6) is 0.426. The number of pyridine rings is 1. The Bertz CT molecular complexity index is 753. The number of hydrogen-bond donors (Lipinski definition) is 2. The fraction of sp³-hybridized carbons (Fsp3) is 0.381. The smallest absolute Gasteiger partial charge is 0.253 e. The average Bonchev–Trinajstić information content (AvgIpc) is 2.65. The van der Waals surface area contributed by atoms with Crippen molar-refractivity contribution in [1.29, 1.82) is 0 Å². The molecule has 1 aromatic carbocycles. The topological polar surface area (TPSA) is 71.1 Å². The van der Waals surface area contributed by atoms with Gasteiger partial charge in [0.05, 0.1) is 17.7 Å². The van der Waals surface area contributed by atoms with E-state index in [1.54, 1.807) is 18.3 Å². The second-order valence-electron chi connectivity index (χ2n) is 7.02. The third-order valence-electron chi connectivity index (χ3n) is 4.86. The summed E-state index contributed by atoms with van der Waals surface area (Å²) in [4.78, 5) is 29.1.